The Bertz CT molecular complexity index is 254. The Hall–Kier alpha value is -0.730. The van der Waals surface area contributed by atoms with Crippen molar-refractivity contribution < 1.29 is 23.7 Å². The second-order valence-corrected chi connectivity index (χ2v) is 5.04. The van der Waals surface area contributed by atoms with E-state index < -0.39 is 0 Å². The fourth-order valence-corrected chi connectivity index (χ4v) is 1.48. The normalized spacial score (nSPS) is 9.85. The molecular formula is C19H44N2O5. The highest BCUT2D eigenvalue weighted by Gasteiger charge is 1.94. The van der Waals surface area contributed by atoms with Crippen molar-refractivity contribution >= 4 is 5.91 Å². The Labute approximate surface area is 161 Å². The first-order valence-electron chi connectivity index (χ1n) is 9.91. The molecule has 0 aliphatic carbocycles. The Morgan fingerprint density at radius 3 is 1.38 bits per heavy atom. The second kappa shape index (κ2) is 29.0. The van der Waals surface area contributed by atoms with E-state index in [2.05, 4.69) is 24.5 Å². The summed E-state index contributed by atoms with van der Waals surface area (Å²) >= 11 is 0. The van der Waals surface area contributed by atoms with Crippen LogP contribution in [0.5, 0.6) is 0 Å². The molecule has 0 bridgehead atoms. The van der Waals surface area contributed by atoms with E-state index in [0.717, 1.165) is 6.54 Å². The van der Waals surface area contributed by atoms with Crippen LogP contribution in [0, 0.1) is 0 Å². The number of hydrogen-bond acceptors (Lipinski definition) is 6. The largest absolute Gasteiger partial charge is 0.378 e. The smallest absolute Gasteiger partial charge is 0.216 e. The highest BCUT2D eigenvalue weighted by Crippen LogP contribution is 1.83. The predicted molar refractivity (Wildman–Crippen MR) is 108 cm³/mol. The zero-order valence-corrected chi connectivity index (χ0v) is 18.2. The molecule has 0 unspecified atom stereocenters. The van der Waals surface area contributed by atoms with Crippen molar-refractivity contribution in [1.82, 2.24) is 10.6 Å². The molecule has 0 aromatic rings. The minimum absolute atomic E-state index is 0.0443. The molecular weight excluding hydrogens is 336 g/mol. The summed E-state index contributed by atoms with van der Waals surface area (Å²) in [6.07, 6.45) is 0. The maximum Gasteiger partial charge on any atom is 0.216 e. The van der Waals surface area contributed by atoms with Gasteiger partial charge in [0.2, 0.25) is 5.91 Å². The van der Waals surface area contributed by atoms with E-state index in [9.17, 15) is 4.79 Å². The number of amides is 1. The van der Waals surface area contributed by atoms with Gasteiger partial charge in [-0.3, -0.25) is 4.79 Å². The minimum atomic E-state index is -0.0443. The van der Waals surface area contributed by atoms with E-state index in [1.54, 1.807) is 0 Å². The van der Waals surface area contributed by atoms with E-state index in [1.807, 2.05) is 27.7 Å². The Morgan fingerprint density at radius 2 is 1.04 bits per heavy atom. The van der Waals surface area contributed by atoms with Crippen molar-refractivity contribution in [3.8, 4) is 0 Å². The van der Waals surface area contributed by atoms with E-state index in [-0.39, 0.29) is 5.91 Å². The van der Waals surface area contributed by atoms with Crippen molar-refractivity contribution in [2.45, 2.75) is 54.5 Å². The van der Waals surface area contributed by atoms with Crippen molar-refractivity contribution in [3.05, 3.63) is 0 Å². The van der Waals surface area contributed by atoms with Crippen molar-refractivity contribution in [1.29, 1.82) is 0 Å². The van der Waals surface area contributed by atoms with Crippen LogP contribution in [-0.2, 0) is 23.7 Å². The summed E-state index contributed by atoms with van der Waals surface area (Å²) in [6.45, 7) is 19.6. The summed E-state index contributed by atoms with van der Waals surface area (Å²) in [7, 11) is 0. The molecule has 0 saturated carbocycles. The van der Waals surface area contributed by atoms with E-state index in [4.69, 9.17) is 18.9 Å². The van der Waals surface area contributed by atoms with E-state index in [1.165, 1.54) is 6.92 Å². The molecule has 0 saturated heterocycles. The first-order valence-corrected chi connectivity index (χ1v) is 9.91. The maximum absolute atomic E-state index is 10.6. The molecule has 26 heavy (non-hydrogen) atoms. The van der Waals surface area contributed by atoms with Gasteiger partial charge in [-0.05, 0) is 0 Å². The third-order valence-corrected chi connectivity index (χ3v) is 2.54. The SMILES string of the molecule is CC.CC.CC(=O)NCCOCCOCCOCCOCCNC(C)C. The number of ether oxygens (including phenoxy) is 4. The zero-order valence-electron chi connectivity index (χ0n) is 18.2. The van der Waals surface area contributed by atoms with Gasteiger partial charge in [-0.25, -0.2) is 0 Å². The van der Waals surface area contributed by atoms with Gasteiger partial charge in [0.1, 0.15) is 0 Å². The number of carbonyl (C=O) groups is 1. The average molecular weight is 381 g/mol. The van der Waals surface area contributed by atoms with Crippen LogP contribution in [0.3, 0.4) is 0 Å². The summed E-state index contributed by atoms with van der Waals surface area (Å²) in [5.74, 6) is -0.0443. The number of rotatable bonds is 16. The molecule has 0 heterocycles. The van der Waals surface area contributed by atoms with Gasteiger partial charge in [0.05, 0.1) is 52.9 Å². The standard InChI is InChI=1S/C15H32N2O5.2C2H6/c1-14(2)16-4-6-19-8-10-21-12-13-22-11-9-20-7-5-17-15(3)18;2*1-2/h14,16H,4-13H2,1-3H3,(H,17,18);2*1-2H3. The summed E-state index contributed by atoms with van der Waals surface area (Å²) in [5.41, 5.74) is 0. The van der Waals surface area contributed by atoms with Gasteiger partial charge in [-0.15, -0.1) is 0 Å². The van der Waals surface area contributed by atoms with Gasteiger partial charge in [0.25, 0.3) is 0 Å². The lowest BCUT2D eigenvalue weighted by Crippen LogP contribution is -2.27. The molecule has 160 valence electrons. The van der Waals surface area contributed by atoms with Gasteiger partial charge < -0.3 is 29.6 Å². The molecule has 0 aliphatic rings. The fourth-order valence-electron chi connectivity index (χ4n) is 1.48. The van der Waals surface area contributed by atoms with Crippen LogP contribution >= 0.6 is 0 Å². The molecule has 0 rings (SSSR count). The first kappa shape index (κ1) is 30.0. The second-order valence-electron chi connectivity index (χ2n) is 5.04. The van der Waals surface area contributed by atoms with Gasteiger partial charge in [-0.2, -0.15) is 0 Å². The molecule has 0 atom stereocenters. The lowest BCUT2D eigenvalue weighted by molar-refractivity contribution is -0.119. The molecule has 0 radical (unpaired) electrons. The van der Waals surface area contributed by atoms with Crippen LogP contribution < -0.4 is 10.6 Å². The van der Waals surface area contributed by atoms with Gasteiger partial charge >= 0.3 is 0 Å². The topological polar surface area (TPSA) is 78.1 Å². The molecule has 7 nitrogen and oxygen atoms in total. The molecule has 0 spiro atoms. The van der Waals surface area contributed by atoms with Crippen LogP contribution in [0.15, 0.2) is 0 Å². The van der Waals surface area contributed by atoms with Crippen LogP contribution in [0.2, 0.25) is 0 Å². The fraction of sp³-hybridized carbons (Fsp3) is 0.947. The number of hydrogen-bond donors (Lipinski definition) is 2. The molecule has 7 heteroatoms. The summed E-state index contributed by atoms with van der Waals surface area (Å²) in [6, 6.07) is 0.492. The quantitative estimate of drug-likeness (QED) is 0.400. The lowest BCUT2D eigenvalue weighted by atomic mass is 10.4. The molecule has 2 N–H and O–H groups in total. The highest BCUT2D eigenvalue weighted by molar-refractivity contribution is 5.72. The van der Waals surface area contributed by atoms with Crippen molar-refractivity contribution in [2.24, 2.45) is 0 Å². The average Bonchev–Trinajstić information content (AvgIpc) is 2.64. The predicted octanol–water partition coefficient (Wildman–Crippen LogP) is 2.24. The van der Waals surface area contributed by atoms with E-state index in [0.29, 0.717) is 65.4 Å². The van der Waals surface area contributed by atoms with Gasteiger partial charge in [-0.1, -0.05) is 41.5 Å². The third kappa shape index (κ3) is 34.6. The Kier molecular flexibility index (Phi) is 33.5. The van der Waals surface area contributed by atoms with Crippen LogP contribution in [0.1, 0.15) is 48.5 Å². The lowest BCUT2D eigenvalue weighted by Gasteiger charge is -2.09. The molecule has 0 aromatic carbocycles. The number of nitrogens with one attached hydrogen (secondary N) is 2. The van der Waals surface area contributed by atoms with E-state index >= 15 is 0 Å². The van der Waals surface area contributed by atoms with Crippen molar-refractivity contribution in [2.75, 3.05) is 65.9 Å². The minimum Gasteiger partial charge on any atom is -0.378 e. The van der Waals surface area contributed by atoms with Gasteiger partial charge in [0, 0.05) is 26.1 Å². The molecule has 0 fully saturated rings. The Balaban J connectivity index is -0.00000123. The van der Waals surface area contributed by atoms with Crippen LogP contribution in [-0.4, -0.2) is 77.9 Å². The monoisotopic (exact) mass is 380 g/mol. The molecule has 0 aliphatic heterocycles. The third-order valence-electron chi connectivity index (χ3n) is 2.54. The first-order chi connectivity index (χ1) is 12.6. The van der Waals surface area contributed by atoms with Crippen molar-refractivity contribution in [3.63, 3.8) is 0 Å². The van der Waals surface area contributed by atoms with Crippen LogP contribution in [0.25, 0.3) is 0 Å². The summed E-state index contributed by atoms with van der Waals surface area (Å²) < 4.78 is 21.4. The number of carbonyl (C=O) groups excluding carboxylic acids is 1. The zero-order chi connectivity index (χ0) is 20.5. The summed E-state index contributed by atoms with van der Waals surface area (Å²) in [5, 5.41) is 5.93. The molecule has 1 amide bonds. The maximum atomic E-state index is 10.6. The van der Waals surface area contributed by atoms with Crippen LogP contribution in [0.4, 0.5) is 0 Å². The Morgan fingerprint density at radius 1 is 0.692 bits per heavy atom. The summed E-state index contributed by atoms with van der Waals surface area (Å²) in [4.78, 5) is 10.6. The molecule has 0 aromatic heterocycles. The highest BCUT2D eigenvalue weighted by atomic mass is 16.6. The van der Waals surface area contributed by atoms with Gasteiger partial charge in [0.15, 0.2) is 0 Å².